The van der Waals surface area contributed by atoms with E-state index >= 15 is 0 Å². The number of halogens is 1. The summed E-state index contributed by atoms with van der Waals surface area (Å²) in [5.74, 6) is 0. The molecule has 3 aromatic rings. The fourth-order valence-corrected chi connectivity index (χ4v) is 8.28. The van der Waals surface area contributed by atoms with E-state index in [9.17, 15) is 0 Å². The molecular formula is C28H32ClO2P. The Morgan fingerprint density at radius 2 is 1.16 bits per heavy atom. The van der Waals surface area contributed by atoms with Crippen molar-refractivity contribution in [2.24, 2.45) is 5.41 Å². The van der Waals surface area contributed by atoms with Gasteiger partial charge in [0.15, 0.2) is 6.29 Å². The average Bonchev–Trinajstić information content (AvgIpc) is 2.81. The lowest BCUT2D eigenvalue weighted by Gasteiger charge is -2.35. The summed E-state index contributed by atoms with van der Waals surface area (Å²) < 4.78 is 12.1. The van der Waals surface area contributed by atoms with Crippen LogP contribution in [0.15, 0.2) is 103 Å². The summed E-state index contributed by atoms with van der Waals surface area (Å²) in [6.45, 7) is 7.94. The first kappa shape index (κ1) is 24.7. The van der Waals surface area contributed by atoms with E-state index in [0.29, 0.717) is 0 Å². The number of rotatable bonds is 6. The van der Waals surface area contributed by atoms with Gasteiger partial charge in [-0.1, -0.05) is 68.4 Å². The minimum absolute atomic E-state index is 0. The van der Waals surface area contributed by atoms with Crippen molar-refractivity contribution in [2.75, 3.05) is 19.4 Å². The average molecular weight is 467 g/mol. The van der Waals surface area contributed by atoms with Crippen LogP contribution in [0, 0.1) is 5.41 Å². The zero-order valence-electron chi connectivity index (χ0n) is 19.1. The summed E-state index contributed by atoms with van der Waals surface area (Å²) in [6, 6.07) is 32.9. The molecule has 4 heteroatoms. The summed E-state index contributed by atoms with van der Waals surface area (Å²) in [5, 5.41) is 4.18. The molecule has 0 spiro atoms. The van der Waals surface area contributed by atoms with Crippen LogP contribution >= 0.6 is 7.26 Å². The van der Waals surface area contributed by atoms with Crippen molar-refractivity contribution in [3.63, 3.8) is 0 Å². The minimum Gasteiger partial charge on any atom is -1.00 e. The van der Waals surface area contributed by atoms with Crippen LogP contribution in [0.25, 0.3) is 0 Å². The smallest absolute Gasteiger partial charge is 0.179 e. The standard InChI is InChI=1S/C28H32O2P.ClH/c1-23(27-29-21-28(2,3)22-30-27)19-20-31(24-13-7-4-8-14-24,25-15-9-5-10-16-25)26-17-11-6-12-18-26;/h4-19,27H,20-22H2,1-3H3;1H/q+1;/p-1/b23-19-;. The summed E-state index contributed by atoms with van der Waals surface area (Å²) >= 11 is 0. The van der Waals surface area contributed by atoms with Gasteiger partial charge in [-0.3, -0.25) is 0 Å². The van der Waals surface area contributed by atoms with E-state index in [1.165, 1.54) is 15.9 Å². The Hall–Kier alpha value is -1.96. The predicted octanol–water partition coefficient (Wildman–Crippen LogP) is 2.33. The molecule has 0 saturated carbocycles. The molecular weight excluding hydrogens is 435 g/mol. The number of ether oxygens (including phenoxy) is 2. The summed E-state index contributed by atoms with van der Waals surface area (Å²) in [7, 11) is -1.87. The van der Waals surface area contributed by atoms with Gasteiger partial charge in [0, 0.05) is 5.41 Å². The highest BCUT2D eigenvalue weighted by atomic mass is 35.5. The number of allylic oxidation sites excluding steroid dienone is 1. The zero-order valence-corrected chi connectivity index (χ0v) is 20.7. The molecule has 0 bridgehead atoms. The fraction of sp³-hybridized carbons (Fsp3) is 0.286. The molecule has 32 heavy (non-hydrogen) atoms. The molecule has 1 heterocycles. The van der Waals surface area contributed by atoms with Crippen molar-refractivity contribution in [3.8, 4) is 0 Å². The third kappa shape index (κ3) is 5.33. The van der Waals surface area contributed by atoms with Crippen LogP contribution in [0.1, 0.15) is 20.8 Å². The Labute approximate surface area is 199 Å². The molecule has 0 atom stereocenters. The lowest BCUT2D eigenvalue weighted by Crippen LogP contribution is -3.00. The highest BCUT2D eigenvalue weighted by molar-refractivity contribution is 7.95. The van der Waals surface area contributed by atoms with Gasteiger partial charge in [0.1, 0.15) is 23.2 Å². The molecule has 0 aliphatic carbocycles. The van der Waals surface area contributed by atoms with Gasteiger partial charge in [0.2, 0.25) is 0 Å². The number of benzene rings is 3. The van der Waals surface area contributed by atoms with Gasteiger partial charge in [-0.25, -0.2) is 0 Å². The summed E-state index contributed by atoms with van der Waals surface area (Å²) in [6.07, 6.45) is 3.03. The first-order chi connectivity index (χ1) is 15.0. The molecule has 1 fully saturated rings. The van der Waals surface area contributed by atoms with E-state index in [-0.39, 0.29) is 24.1 Å². The monoisotopic (exact) mass is 466 g/mol. The summed E-state index contributed by atoms with van der Waals surface area (Å²) in [5.41, 5.74) is 1.23. The molecule has 4 rings (SSSR count). The highest BCUT2D eigenvalue weighted by Gasteiger charge is 2.44. The van der Waals surface area contributed by atoms with Crippen molar-refractivity contribution in [1.82, 2.24) is 0 Å². The molecule has 0 amide bonds. The SMILES string of the molecule is C/C(=C/C[P+](c1ccccc1)(c1ccccc1)c1ccccc1)C1OCC(C)(C)CO1.[Cl-]. The van der Waals surface area contributed by atoms with Crippen molar-refractivity contribution < 1.29 is 21.9 Å². The van der Waals surface area contributed by atoms with E-state index in [2.05, 4.69) is 118 Å². The van der Waals surface area contributed by atoms with Gasteiger partial charge in [-0.2, -0.15) is 0 Å². The molecule has 168 valence electrons. The molecule has 1 aliphatic rings. The largest absolute Gasteiger partial charge is 1.00 e. The lowest BCUT2D eigenvalue weighted by molar-refractivity contribution is -0.202. The van der Waals surface area contributed by atoms with Crippen LogP contribution in [0.4, 0.5) is 0 Å². The Bertz CT molecular complexity index is 897. The van der Waals surface area contributed by atoms with E-state index in [4.69, 9.17) is 9.47 Å². The topological polar surface area (TPSA) is 18.5 Å². The van der Waals surface area contributed by atoms with Crippen molar-refractivity contribution >= 4 is 23.2 Å². The van der Waals surface area contributed by atoms with Crippen molar-refractivity contribution in [3.05, 3.63) is 103 Å². The van der Waals surface area contributed by atoms with Crippen LogP contribution in [0.3, 0.4) is 0 Å². The van der Waals surface area contributed by atoms with Crippen molar-refractivity contribution in [1.29, 1.82) is 0 Å². The van der Waals surface area contributed by atoms with E-state index in [0.717, 1.165) is 24.9 Å². The Morgan fingerprint density at radius 1 is 0.781 bits per heavy atom. The zero-order chi connectivity index (χ0) is 21.7. The van der Waals surface area contributed by atoms with Crippen LogP contribution in [0.2, 0.25) is 0 Å². The molecule has 1 saturated heterocycles. The first-order valence-electron chi connectivity index (χ1n) is 11.0. The van der Waals surface area contributed by atoms with Gasteiger partial charge in [0.25, 0.3) is 0 Å². The first-order valence-corrected chi connectivity index (χ1v) is 12.9. The van der Waals surface area contributed by atoms with Crippen LogP contribution in [-0.2, 0) is 9.47 Å². The molecule has 0 aromatic heterocycles. The fourth-order valence-electron chi connectivity index (χ4n) is 4.14. The third-order valence-electron chi connectivity index (χ3n) is 5.90. The Kier molecular flexibility index (Phi) is 8.31. The third-order valence-corrected chi connectivity index (χ3v) is 10.2. The number of hydrogen-bond acceptors (Lipinski definition) is 2. The van der Waals surface area contributed by atoms with E-state index in [1.807, 2.05) is 0 Å². The highest BCUT2D eigenvalue weighted by Crippen LogP contribution is 2.55. The molecule has 0 unspecified atom stereocenters. The molecule has 0 N–H and O–H groups in total. The normalized spacial score (nSPS) is 16.9. The second-order valence-electron chi connectivity index (χ2n) is 9.07. The minimum atomic E-state index is -1.87. The molecule has 0 radical (unpaired) electrons. The quantitative estimate of drug-likeness (QED) is 0.410. The predicted molar refractivity (Wildman–Crippen MR) is 133 cm³/mol. The van der Waals surface area contributed by atoms with Gasteiger partial charge in [0.05, 0.1) is 19.4 Å². The summed E-state index contributed by atoms with van der Waals surface area (Å²) in [4.78, 5) is 0. The maximum atomic E-state index is 6.06. The van der Waals surface area contributed by atoms with Crippen LogP contribution in [0.5, 0.6) is 0 Å². The molecule has 2 nitrogen and oxygen atoms in total. The molecule has 3 aromatic carbocycles. The maximum absolute atomic E-state index is 6.06. The Morgan fingerprint density at radius 3 is 1.53 bits per heavy atom. The van der Waals surface area contributed by atoms with Crippen LogP contribution in [-0.4, -0.2) is 25.7 Å². The van der Waals surface area contributed by atoms with Gasteiger partial charge in [-0.15, -0.1) is 0 Å². The maximum Gasteiger partial charge on any atom is 0.179 e. The van der Waals surface area contributed by atoms with Crippen LogP contribution < -0.4 is 28.3 Å². The molecule has 1 aliphatic heterocycles. The van der Waals surface area contributed by atoms with Gasteiger partial charge < -0.3 is 21.9 Å². The second kappa shape index (κ2) is 10.8. The second-order valence-corrected chi connectivity index (χ2v) is 12.6. The van der Waals surface area contributed by atoms with E-state index < -0.39 is 7.26 Å². The van der Waals surface area contributed by atoms with Crippen molar-refractivity contribution in [2.45, 2.75) is 27.1 Å². The number of hydrogen-bond donors (Lipinski definition) is 0. The Balaban J connectivity index is 0.00000289. The van der Waals surface area contributed by atoms with Gasteiger partial charge >= 0.3 is 0 Å². The lowest BCUT2D eigenvalue weighted by atomic mass is 9.95. The van der Waals surface area contributed by atoms with Gasteiger partial charge in [-0.05, 0) is 55.0 Å². The van der Waals surface area contributed by atoms with E-state index in [1.54, 1.807) is 0 Å².